The topological polar surface area (TPSA) is 30.0 Å². The lowest BCUT2D eigenvalue weighted by atomic mass is 9.86. The van der Waals surface area contributed by atoms with Crippen LogP contribution in [0.25, 0.3) is 0 Å². The van der Waals surface area contributed by atoms with Crippen LogP contribution in [0.4, 0.5) is 0 Å². The van der Waals surface area contributed by atoms with Gasteiger partial charge in [-0.15, -0.1) is 11.3 Å². The van der Waals surface area contributed by atoms with Gasteiger partial charge in [0.05, 0.1) is 10.7 Å². The van der Waals surface area contributed by atoms with Crippen LogP contribution >= 0.6 is 11.3 Å². The number of thiazole rings is 1. The Morgan fingerprint density at radius 2 is 2.27 bits per heavy atom. The zero-order valence-electron chi connectivity index (χ0n) is 9.38. The Morgan fingerprint density at radius 3 is 2.87 bits per heavy atom. The minimum atomic E-state index is 0.441. The first-order chi connectivity index (χ1) is 7.15. The Bertz CT molecular complexity index is 350. The summed E-state index contributed by atoms with van der Waals surface area (Å²) in [7, 11) is 0. The molecule has 1 aromatic rings. The molecule has 82 valence electrons. The van der Waals surface area contributed by atoms with Crippen molar-refractivity contribution in [2.45, 2.75) is 46.0 Å². The normalized spacial score (nSPS) is 22.0. The van der Waals surface area contributed by atoms with Crippen molar-refractivity contribution in [3.63, 3.8) is 0 Å². The molecule has 1 fully saturated rings. The van der Waals surface area contributed by atoms with E-state index >= 15 is 0 Å². The zero-order valence-corrected chi connectivity index (χ0v) is 10.2. The fourth-order valence-corrected chi connectivity index (χ4v) is 3.21. The summed E-state index contributed by atoms with van der Waals surface area (Å²) in [6, 6.07) is 0. The molecular formula is C12H17NOS. The third kappa shape index (κ3) is 2.65. The van der Waals surface area contributed by atoms with E-state index in [4.69, 9.17) is 0 Å². The number of hydrogen-bond acceptors (Lipinski definition) is 3. The predicted molar refractivity (Wildman–Crippen MR) is 62.3 cm³/mol. The fourth-order valence-electron chi connectivity index (χ4n) is 2.16. The lowest BCUT2D eigenvalue weighted by Crippen LogP contribution is -2.16. The summed E-state index contributed by atoms with van der Waals surface area (Å²) in [5.74, 6) is 0.993. The molecule has 0 radical (unpaired) electrons. The van der Waals surface area contributed by atoms with Gasteiger partial charge in [-0.3, -0.25) is 4.79 Å². The summed E-state index contributed by atoms with van der Waals surface area (Å²) in [6.07, 6.45) is 4.85. The quantitative estimate of drug-likeness (QED) is 0.771. The molecule has 0 aromatic carbocycles. The van der Waals surface area contributed by atoms with Crippen LogP contribution in [0.1, 0.15) is 41.3 Å². The molecule has 1 atom stereocenters. The van der Waals surface area contributed by atoms with Crippen LogP contribution in [0.3, 0.4) is 0 Å². The molecule has 3 heteroatoms. The molecular weight excluding hydrogens is 206 g/mol. The lowest BCUT2D eigenvalue weighted by Gasteiger charge is -2.19. The van der Waals surface area contributed by atoms with Crippen LogP contribution in [0.2, 0.25) is 0 Å². The Balaban J connectivity index is 1.99. The molecule has 15 heavy (non-hydrogen) atoms. The molecule has 2 nitrogen and oxygen atoms in total. The Labute approximate surface area is 94.7 Å². The molecule has 1 aliphatic carbocycles. The van der Waals surface area contributed by atoms with Crippen LogP contribution in [0.5, 0.6) is 0 Å². The van der Waals surface area contributed by atoms with E-state index in [1.54, 1.807) is 11.3 Å². The van der Waals surface area contributed by atoms with E-state index in [9.17, 15) is 4.79 Å². The maximum atomic E-state index is 11.3. The van der Waals surface area contributed by atoms with Gasteiger partial charge in [0.15, 0.2) is 0 Å². The van der Waals surface area contributed by atoms with Crippen molar-refractivity contribution in [3.8, 4) is 0 Å². The number of ketones is 1. The molecule has 0 amide bonds. The number of Topliss-reactive ketones (excluding diaryl/α,β-unsaturated/α-hetero) is 1. The summed E-state index contributed by atoms with van der Waals surface area (Å²) in [5, 5.41) is 1.21. The molecule has 0 spiro atoms. The largest absolute Gasteiger partial charge is 0.300 e. The van der Waals surface area contributed by atoms with Gasteiger partial charge in [-0.2, -0.15) is 0 Å². The van der Waals surface area contributed by atoms with Gasteiger partial charge in [-0.05, 0) is 32.6 Å². The number of carbonyl (C=O) groups excluding carboxylic acids is 1. The van der Waals surface area contributed by atoms with Crippen molar-refractivity contribution in [1.29, 1.82) is 0 Å². The Morgan fingerprint density at radius 1 is 1.47 bits per heavy atom. The van der Waals surface area contributed by atoms with Gasteiger partial charge < -0.3 is 0 Å². The fraction of sp³-hybridized carbons (Fsp3) is 0.667. The second kappa shape index (κ2) is 4.44. The number of hydrogen-bond donors (Lipinski definition) is 0. The van der Waals surface area contributed by atoms with E-state index in [0.717, 1.165) is 31.4 Å². The molecule has 0 N–H and O–H groups in total. The average Bonchev–Trinajstić information content (AvgIpc) is 2.45. The van der Waals surface area contributed by atoms with Gasteiger partial charge in [0.25, 0.3) is 0 Å². The maximum absolute atomic E-state index is 11.3. The van der Waals surface area contributed by atoms with Gasteiger partial charge in [-0.25, -0.2) is 4.98 Å². The molecule has 1 aromatic heterocycles. The molecule has 1 unspecified atom stereocenters. The maximum Gasteiger partial charge on any atom is 0.133 e. The number of aryl methyl sites for hydroxylation is 2. The van der Waals surface area contributed by atoms with Crippen LogP contribution < -0.4 is 0 Å². The highest BCUT2D eigenvalue weighted by Gasteiger charge is 2.20. The van der Waals surface area contributed by atoms with Crippen LogP contribution in [0, 0.1) is 19.8 Å². The number of aromatic nitrogens is 1. The third-order valence-electron chi connectivity index (χ3n) is 3.12. The highest BCUT2D eigenvalue weighted by molar-refractivity contribution is 7.11. The Hall–Kier alpha value is -0.700. The summed E-state index contributed by atoms with van der Waals surface area (Å²) < 4.78 is 0. The first-order valence-electron chi connectivity index (χ1n) is 5.59. The smallest absolute Gasteiger partial charge is 0.133 e. The summed E-state index contributed by atoms with van der Waals surface area (Å²) in [5.41, 5.74) is 1.15. The van der Waals surface area contributed by atoms with Gasteiger partial charge in [0.1, 0.15) is 5.78 Å². The SMILES string of the molecule is Cc1nc(CC2CCCC(=O)C2)sc1C. The highest BCUT2D eigenvalue weighted by Crippen LogP contribution is 2.27. The monoisotopic (exact) mass is 223 g/mol. The second-order valence-corrected chi connectivity index (χ2v) is 5.74. The summed E-state index contributed by atoms with van der Waals surface area (Å²) >= 11 is 1.79. The van der Waals surface area contributed by atoms with Crippen molar-refractivity contribution < 1.29 is 4.79 Å². The predicted octanol–water partition coefficient (Wildman–Crippen LogP) is 3.06. The molecule has 1 aliphatic rings. The van der Waals surface area contributed by atoms with Crippen molar-refractivity contribution >= 4 is 17.1 Å². The van der Waals surface area contributed by atoms with Crippen molar-refractivity contribution in [3.05, 3.63) is 15.6 Å². The second-order valence-electron chi connectivity index (χ2n) is 4.45. The molecule has 0 saturated heterocycles. The molecule has 0 aliphatic heterocycles. The molecule has 1 saturated carbocycles. The zero-order chi connectivity index (χ0) is 10.8. The van der Waals surface area contributed by atoms with Crippen LogP contribution in [-0.4, -0.2) is 10.8 Å². The molecule has 2 rings (SSSR count). The van der Waals surface area contributed by atoms with Gasteiger partial charge in [-0.1, -0.05) is 0 Å². The van der Waals surface area contributed by atoms with E-state index in [-0.39, 0.29) is 0 Å². The first-order valence-corrected chi connectivity index (χ1v) is 6.41. The van der Waals surface area contributed by atoms with E-state index in [0.29, 0.717) is 11.7 Å². The van der Waals surface area contributed by atoms with E-state index in [1.165, 1.54) is 16.3 Å². The van der Waals surface area contributed by atoms with E-state index in [1.807, 2.05) is 0 Å². The number of carbonyl (C=O) groups is 1. The third-order valence-corrected chi connectivity index (χ3v) is 4.22. The highest BCUT2D eigenvalue weighted by atomic mass is 32.1. The summed E-state index contributed by atoms with van der Waals surface area (Å²) in [4.78, 5) is 17.2. The Kier molecular flexibility index (Phi) is 3.19. The minimum absolute atomic E-state index is 0.441. The van der Waals surface area contributed by atoms with Crippen LogP contribution in [0.15, 0.2) is 0 Å². The molecule has 0 bridgehead atoms. The van der Waals surface area contributed by atoms with Crippen molar-refractivity contribution in [2.75, 3.05) is 0 Å². The number of nitrogens with zero attached hydrogens (tertiary/aromatic N) is 1. The van der Waals surface area contributed by atoms with Gasteiger partial charge in [0, 0.05) is 24.1 Å². The summed E-state index contributed by atoms with van der Waals surface area (Å²) in [6.45, 7) is 4.17. The molecule has 1 heterocycles. The van der Waals surface area contributed by atoms with Crippen LogP contribution in [-0.2, 0) is 11.2 Å². The van der Waals surface area contributed by atoms with Crippen molar-refractivity contribution in [2.24, 2.45) is 5.92 Å². The standard InChI is InChI=1S/C12H17NOS/c1-8-9(2)15-12(13-8)7-10-4-3-5-11(14)6-10/h10H,3-7H2,1-2H3. The first kappa shape index (κ1) is 10.8. The van der Waals surface area contributed by atoms with Gasteiger partial charge >= 0.3 is 0 Å². The van der Waals surface area contributed by atoms with Crippen molar-refractivity contribution in [1.82, 2.24) is 4.98 Å². The van der Waals surface area contributed by atoms with E-state index in [2.05, 4.69) is 18.8 Å². The van der Waals surface area contributed by atoms with Gasteiger partial charge in [0.2, 0.25) is 0 Å². The van der Waals surface area contributed by atoms with E-state index < -0.39 is 0 Å². The average molecular weight is 223 g/mol. The lowest BCUT2D eigenvalue weighted by molar-refractivity contribution is -0.121. The minimum Gasteiger partial charge on any atom is -0.300 e. The number of rotatable bonds is 2.